The van der Waals surface area contributed by atoms with Gasteiger partial charge in [-0.3, -0.25) is 14.4 Å². The minimum absolute atomic E-state index is 0.0754. The molecule has 2 N–H and O–H groups in total. The van der Waals surface area contributed by atoms with E-state index >= 15 is 0 Å². The number of anilines is 2. The zero-order valence-corrected chi connectivity index (χ0v) is 15.3. The molecular weight excluding hydrogens is 354 g/mol. The maximum Gasteiger partial charge on any atom is 0.244 e. The quantitative estimate of drug-likeness (QED) is 0.817. The van der Waals surface area contributed by atoms with Crippen LogP contribution < -0.4 is 10.6 Å². The van der Waals surface area contributed by atoms with Crippen molar-refractivity contribution in [2.45, 2.75) is 13.3 Å². The van der Waals surface area contributed by atoms with Gasteiger partial charge in [-0.05, 0) is 29.8 Å². The summed E-state index contributed by atoms with van der Waals surface area (Å²) in [6.45, 7) is 1.36. The third-order valence-electron chi connectivity index (χ3n) is 3.58. The van der Waals surface area contributed by atoms with Crippen LogP contribution in [0.15, 0.2) is 48.5 Å². The van der Waals surface area contributed by atoms with E-state index in [1.54, 1.807) is 55.6 Å². The fourth-order valence-electron chi connectivity index (χ4n) is 2.27. The second-order valence-corrected chi connectivity index (χ2v) is 6.24. The van der Waals surface area contributed by atoms with Gasteiger partial charge in [-0.15, -0.1) is 0 Å². The molecule has 0 aliphatic rings. The van der Waals surface area contributed by atoms with Crippen molar-refractivity contribution in [3.63, 3.8) is 0 Å². The number of para-hydroxylation sites is 1. The molecule has 0 aromatic heterocycles. The number of rotatable bonds is 6. The topological polar surface area (TPSA) is 78.5 Å². The Kier molecular flexibility index (Phi) is 6.74. The van der Waals surface area contributed by atoms with Gasteiger partial charge in [0.1, 0.15) is 0 Å². The van der Waals surface area contributed by atoms with Crippen molar-refractivity contribution < 1.29 is 14.4 Å². The van der Waals surface area contributed by atoms with Crippen LogP contribution in [-0.4, -0.2) is 36.2 Å². The van der Waals surface area contributed by atoms with E-state index in [4.69, 9.17) is 11.6 Å². The SMILES string of the molecule is CC(=O)Nc1ccc(CC(=O)N(C)CC(=O)Nc2ccccc2Cl)cc1. The van der Waals surface area contributed by atoms with Crippen LogP contribution in [0.4, 0.5) is 11.4 Å². The first-order valence-corrected chi connectivity index (χ1v) is 8.38. The average Bonchev–Trinajstić information content (AvgIpc) is 2.58. The molecule has 0 saturated heterocycles. The number of benzene rings is 2. The first-order valence-electron chi connectivity index (χ1n) is 8.00. The number of amides is 3. The molecule has 0 bridgehead atoms. The molecule has 2 aromatic carbocycles. The number of halogens is 1. The lowest BCUT2D eigenvalue weighted by Crippen LogP contribution is -2.35. The lowest BCUT2D eigenvalue weighted by Gasteiger charge is -2.17. The second-order valence-electron chi connectivity index (χ2n) is 5.83. The van der Waals surface area contributed by atoms with Crippen LogP contribution in [0.5, 0.6) is 0 Å². The molecule has 0 heterocycles. The van der Waals surface area contributed by atoms with Gasteiger partial charge in [0.25, 0.3) is 0 Å². The van der Waals surface area contributed by atoms with E-state index in [1.165, 1.54) is 11.8 Å². The molecule has 0 radical (unpaired) electrons. The largest absolute Gasteiger partial charge is 0.336 e. The fraction of sp³-hybridized carbons (Fsp3) is 0.211. The number of hydrogen-bond donors (Lipinski definition) is 2. The van der Waals surface area contributed by atoms with Crippen molar-refractivity contribution in [3.8, 4) is 0 Å². The highest BCUT2D eigenvalue weighted by Crippen LogP contribution is 2.20. The van der Waals surface area contributed by atoms with Crippen LogP contribution in [0, 0.1) is 0 Å². The molecule has 3 amide bonds. The highest BCUT2D eigenvalue weighted by molar-refractivity contribution is 6.33. The monoisotopic (exact) mass is 373 g/mol. The number of nitrogens with one attached hydrogen (secondary N) is 2. The van der Waals surface area contributed by atoms with Crippen molar-refractivity contribution >= 4 is 40.7 Å². The van der Waals surface area contributed by atoms with Crippen LogP contribution in [0.2, 0.25) is 5.02 Å². The molecule has 0 aliphatic carbocycles. The summed E-state index contributed by atoms with van der Waals surface area (Å²) in [6, 6.07) is 13.9. The minimum Gasteiger partial charge on any atom is -0.336 e. The Morgan fingerprint density at radius 1 is 1.00 bits per heavy atom. The molecule has 7 heteroatoms. The van der Waals surface area contributed by atoms with Crippen molar-refractivity contribution in [1.29, 1.82) is 0 Å². The van der Waals surface area contributed by atoms with E-state index in [-0.39, 0.29) is 30.7 Å². The first kappa shape index (κ1) is 19.5. The van der Waals surface area contributed by atoms with Crippen molar-refractivity contribution in [3.05, 3.63) is 59.1 Å². The van der Waals surface area contributed by atoms with Gasteiger partial charge < -0.3 is 15.5 Å². The highest BCUT2D eigenvalue weighted by Gasteiger charge is 2.14. The fourth-order valence-corrected chi connectivity index (χ4v) is 2.46. The Morgan fingerprint density at radius 2 is 1.65 bits per heavy atom. The van der Waals surface area contributed by atoms with Gasteiger partial charge in [-0.2, -0.15) is 0 Å². The van der Waals surface area contributed by atoms with E-state index in [0.717, 1.165) is 5.56 Å². The summed E-state index contributed by atoms with van der Waals surface area (Å²) in [5, 5.41) is 5.78. The number of hydrogen-bond acceptors (Lipinski definition) is 3. The van der Waals surface area contributed by atoms with Gasteiger partial charge in [0.2, 0.25) is 17.7 Å². The van der Waals surface area contributed by atoms with E-state index in [2.05, 4.69) is 10.6 Å². The molecule has 6 nitrogen and oxygen atoms in total. The molecule has 0 fully saturated rings. The van der Waals surface area contributed by atoms with Gasteiger partial charge in [-0.1, -0.05) is 35.9 Å². The van der Waals surface area contributed by atoms with Gasteiger partial charge in [0.15, 0.2) is 0 Å². The zero-order chi connectivity index (χ0) is 19.1. The number of carbonyl (C=O) groups is 3. The lowest BCUT2D eigenvalue weighted by atomic mass is 10.1. The molecule has 0 spiro atoms. The molecule has 0 atom stereocenters. The molecule has 0 saturated carbocycles. The number of likely N-dealkylation sites (N-methyl/N-ethyl adjacent to an activating group) is 1. The molecule has 0 aliphatic heterocycles. The zero-order valence-electron chi connectivity index (χ0n) is 14.6. The number of carbonyl (C=O) groups excluding carboxylic acids is 3. The Bertz CT molecular complexity index is 806. The predicted octanol–water partition coefficient (Wildman–Crippen LogP) is 2.94. The van der Waals surface area contributed by atoms with Crippen LogP contribution >= 0.6 is 11.6 Å². The summed E-state index contributed by atoms with van der Waals surface area (Å²) in [4.78, 5) is 36.7. The molecule has 26 heavy (non-hydrogen) atoms. The van der Waals surface area contributed by atoms with Crippen LogP contribution in [0.3, 0.4) is 0 Å². The van der Waals surface area contributed by atoms with Crippen LogP contribution in [0.1, 0.15) is 12.5 Å². The average molecular weight is 374 g/mol. The van der Waals surface area contributed by atoms with E-state index < -0.39 is 0 Å². The van der Waals surface area contributed by atoms with E-state index in [9.17, 15) is 14.4 Å². The van der Waals surface area contributed by atoms with E-state index in [0.29, 0.717) is 16.4 Å². The summed E-state index contributed by atoms with van der Waals surface area (Å²) in [5.74, 6) is -0.667. The Labute approximate surface area is 157 Å². The normalized spacial score (nSPS) is 10.1. The van der Waals surface area contributed by atoms with Crippen molar-refractivity contribution in [2.75, 3.05) is 24.2 Å². The highest BCUT2D eigenvalue weighted by atomic mass is 35.5. The Morgan fingerprint density at radius 3 is 2.27 bits per heavy atom. The smallest absolute Gasteiger partial charge is 0.244 e. The van der Waals surface area contributed by atoms with Crippen LogP contribution in [-0.2, 0) is 20.8 Å². The van der Waals surface area contributed by atoms with Crippen molar-refractivity contribution in [2.24, 2.45) is 0 Å². The lowest BCUT2D eigenvalue weighted by molar-refractivity contribution is -0.132. The summed E-state index contributed by atoms with van der Waals surface area (Å²) >= 11 is 6.00. The predicted molar refractivity (Wildman–Crippen MR) is 102 cm³/mol. The Hall–Kier alpha value is -2.86. The summed E-state index contributed by atoms with van der Waals surface area (Å²) in [7, 11) is 1.57. The first-order chi connectivity index (χ1) is 12.3. The van der Waals surface area contributed by atoms with E-state index in [1.807, 2.05) is 0 Å². The Balaban J connectivity index is 1.87. The maximum atomic E-state index is 12.3. The molecule has 136 valence electrons. The summed E-state index contributed by atoms with van der Waals surface area (Å²) in [6.07, 6.45) is 0.163. The third-order valence-corrected chi connectivity index (χ3v) is 3.91. The molecular formula is C19H20ClN3O3. The third kappa shape index (κ3) is 5.89. The van der Waals surface area contributed by atoms with Gasteiger partial charge >= 0.3 is 0 Å². The molecule has 2 rings (SSSR count). The maximum absolute atomic E-state index is 12.3. The van der Waals surface area contributed by atoms with Crippen molar-refractivity contribution in [1.82, 2.24) is 4.90 Å². The van der Waals surface area contributed by atoms with Gasteiger partial charge in [0.05, 0.1) is 23.7 Å². The van der Waals surface area contributed by atoms with Crippen LogP contribution in [0.25, 0.3) is 0 Å². The molecule has 2 aromatic rings. The van der Waals surface area contributed by atoms with Gasteiger partial charge in [-0.25, -0.2) is 0 Å². The minimum atomic E-state index is -0.324. The number of nitrogens with zero attached hydrogens (tertiary/aromatic N) is 1. The second kappa shape index (κ2) is 9.01. The van der Waals surface area contributed by atoms with Gasteiger partial charge in [0, 0.05) is 19.7 Å². The summed E-state index contributed by atoms with van der Waals surface area (Å²) < 4.78 is 0. The summed E-state index contributed by atoms with van der Waals surface area (Å²) in [5.41, 5.74) is 1.97. The standard InChI is InChI=1S/C19H20ClN3O3/c1-13(24)21-15-9-7-14(8-10-15)11-19(26)23(2)12-18(25)22-17-6-4-3-5-16(17)20/h3-10H,11-12H2,1-2H3,(H,21,24)(H,22,25). The molecule has 0 unspecified atom stereocenters.